The first-order chi connectivity index (χ1) is 17.3. The van der Waals surface area contributed by atoms with Crippen molar-refractivity contribution >= 4 is 34.4 Å². The number of carbonyl (C=O) groups excluding carboxylic acids is 3. The number of H-pyrrole nitrogens is 1. The minimum atomic E-state index is -0.592. The van der Waals surface area contributed by atoms with Crippen molar-refractivity contribution in [3.05, 3.63) is 65.4 Å². The third-order valence-corrected chi connectivity index (χ3v) is 7.52. The zero-order valence-corrected chi connectivity index (χ0v) is 21.4. The van der Waals surface area contributed by atoms with Crippen LogP contribution in [-0.4, -0.2) is 39.8 Å². The van der Waals surface area contributed by atoms with Crippen molar-refractivity contribution in [1.82, 2.24) is 15.2 Å². The van der Waals surface area contributed by atoms with Crippen LogP contribution in [0.1, 0.15) is 74.6 Å². The average molecular weight is 487 g/mol. The quantitative estimate of drug-likeness (QED) is 0.428. The molecular formula is C29H34N4O3. The summed E-state index contributed by atoms with van der Waals surface area (Å²) in [5.74, 6) is 0.0756. The molecule has 0 radical (unpaired) electrons. The van der Waals surface area contributed by atoms with E-state index in [9.17, 15) is 14.4 Å². The summed E-state index contributed by atoms with van der Waals surface area (Å²) < 4.78 is 0. The molecular weight excluding hydrogens is 452 g/mol. The van der Waals surface area contributed by atoms with Gasteiger partial charge in [0.15, 0.2) is 0 Å². The van der Waals surface area contributed by atoms with Gasteiger partial charge in [0, 0.05) is 29.1 Å². The third-order valence-electron chi connectivity index (χ3n) is 7.52. The Hall–Kier alpha value is -3.61. The lowest BCUT2D eigenvalue weighted by atomic mass is 9.93. The average Bonchev–Trinajstić information content (AvgIpc) is 3.34. The number of urea groups is 1. The van der Waals surface area contributed by atoms with Crippen molar-refractivity contribution in [2.45, 2.75) is 71.5 Å². The van der Waals surface area contributed by atoms with E-state index in [4.69, 9.17) is 0 Å². The lowest BCUT2D eigenvalue weighted by molar-refractivity contribution is -0.120. The standard InChI is InChI=1S/C29H34N4O3/c1-17(2)10-9-11-18(3)30-27(34)21-13-6-8-15-24(21)33-28(35)25-16-22-20-12-5-7-14-23(20)31-26(22)19(4)32(25)29(33)36/h5-8,12-15,17-19,25,31H,9-11,16H2,1-4H3,(H,30,34)/t18-,19+,25+/m1/s1. The van der Waals surface area contributed by atoms with E-state index >= 15 is 0 Å². The molecule has 36 heavy (non-hydrogen) atoms. The van der Waals surface area contributed by atoms with Crippen LogP contribution in [0.4, 0.5) is 10.5 Å². The lowest BCUT2D eigenvalue weighted by Crippen LogP contribution is -2.42. The second-order valence-corrected chi connectivity index (χ2v) is 10.5. The van der Waals surface area contributed by atoms with E-state index in [1.165, 1.54) is 4.90 Å². The molecule has 2 N–H and O–H groups in total. The first kappa shape index (κ1) is 24.1. The molecule has 2 aliphatic rings. The van der Waals surface area contributed by atoms with Gasteiger partial charge in [-0.25, -0.2) is 9.69 Å². The highest BCUT2D eigenvalue weighted by Crippen LogP contribution is 2.42. The molecule has 1 fully saturated rings. The Morgan fingerprint density at radius 2 is 1.78 bits per heavy atom. The number of aromatic nitrogens is 1. The maximum absolute atomic E-state index is 13.7. The molecule has 0 bridgehead atoms. The van der Waals surface area contributed by atoms with Gasteiger partial charge in [-0.2, -0.15) is 0 Å². The Balaban J connectivity index is 1.41. The number of aromatic amines is 1. The summed E-state index contributed by atoms with van der Waals surface area (Å²) in [6.45, 7) is 8.33. The van der Waals surface area contributed by atoms with Crippen LogP contribution in [0.3, 0.4) is 0 Å². The van der Waals surface area contributed by atoms with Gasteiger partial charge in [-0.05, 0) is 49.9 Å². The maximum Gasteiger partial charge on any atom is 0.332 e. The monoisotopic (exact) mass is 486 g/mol. The largest absolute Gasteiger partial charge is 0.356 e. The minimum Gasteiger partial charge on any atom is -0.356 e. The van der Waals surface area contributed by atoms with Crippen LogP contribution in [0.15, 0.2) is 48.5 Å². The Morgan fingerprint density at radius 3 is 2.56 bits per heavy atom. The van der Waals surface area contributed by atoms with Crippen LogP contribution in [0.2, 0.25) is 0 Å². The number of imide groups is 1. The Kier molecular flexibility index (Phi) is 6.33. The lowest BCUT2D eigenvalue weighted by Gasteiger charge is -2.33. The summed E-state index contributed by atoms with van der Waals surface area (Å²) in [4.78, 5) is 46.9. The van der Waals surface area contributed by atoms with Gasteiger partial charge in [0.25, 0.3) is 11.8 Å². The number of benzene rings is 2. The maximum atomic E-state index is 13.7. The second-order valence-electron chi connectivity index (χ2n) is 10.5. The molecule has 3 aromatic rings. The molecule has 1 aromatic heterocycles. The van der Waals surface area contributed by atoms with E-state index in [0.717, 1.165) is 41.4 Å². The van der Waals surface area contributed by atoms with Crippen LogP contribution in [0.5, 0.6) is 0 Å². The normalized spacial score (nSPS) is 20.1. The van der Waals surface area contributed by atoms with Crippen molar-refractivity contribution in [1.29, 1.82) is 0 Å². The third kappa shape index (κ3) is 4.06. The van der Waals surface area contributed by atoms with Crippen molar-refractivity contribution < 1.29 is 14.4 Å². The molecule has 7 nitrogen and oxygen atoms in total. The predicted octanol–water partition coefficient (Wildman–Crippen LogP) is 5.57. The second kappa shape index (κ2) is 9.45. The predicted molar refractivity (Wildman–Crippen MR) is 141 cm³/mol. The molecule has 0 spiro atoms. The molecule has 0 unspecified atom stereocenters. The van der Waals surface area contributed by atoms with Gasteiger partial charge in [-0.15, -0.1) is 0 Å². The molecule has 0 saturated carbocycles. The van der Waals surface area contributed by atoms with Crippen LogP contribution < -0.4 is 10.2 Å². The number of fused-ring (bicyclic) bond motifs is 4. The molecule has 4 amide bonds. The molecule has 7 heteroatoms. The van der Waals surface area contributed by atoms with E-state index in [1.807, 2.05) is 38.1 Å². The number of hydrogen-bond acceptors (Lipinski definition) is 3. The zero-order valence-electron chi connectivity index (χ0n) is 21.4. The number of hydrogen-bond donors (Lipinski definition) is 2. The smallest absolute Gasteiger partial charge is 0.332 e. The summed E-state index contributed by atoms with van der Waals surface area (Å²) in [7, 11) is 0. The first-order valence-electron chi connectivity index (χ1n) is 12.9. The number of rotatable bonds is 7. The fourth-order valence-corrected chi connectivity index (χ4v) is 5.65. The Bertz CT molecular complexity index is 1330. The SMILES string of the molecule is CC(C)CCC[C@@H](C)NC(=O)c1ccccc1N1C(=O)[C@@H]2Cc3c([nH]c4ccccc34)[C@H](C)N2C1=O. The molecule has 3 heterocycles. The van der Waals surface area contributed by atoms with E-state index in [-0.39, 0.29) is 29.9 Å². The summed E-state index contributed by atoms with van der Waals surface area (Å²) >= 11 is 0. The molecule has 188 valence electrons. The van der Waals surface area contributed by atoms with E-state index in [1.54, 1.807) is 29.2 Å². The zero-order chi connectivity index (χ0) is 25.6. The van der Waals surface area contributed by atoms with Crippen molar-refractivity contribution in [3.8, 4) is 0 Å². The molecule has 2 aromatic carbocycles. The van der Waals surface area contributed by atoms with E-state index in [2.05, 4.69) is 24.1 Å². The van der Waals surface area contributed by atoms with Gasteiger partial charge in [0.05, 0.1) is 17.3 Å². The molecule has 1 saturated heterocycles. The van der Waals surface area contributed by atoms with Gasteiger partial charge < -0.3 is 15.2 Å². The highest BCUT2D eigenvalue weighted by molar-refractivity contribution is 6.24. The Morgan fingerprint density at radius 1 is 1.06 bits per heavy atom. The number of carbonyl (C=O) groups is 3. The summed E-state index contributed by atoms with van der Waals surface area (Å²) in [6.07, 6.45) is 3.48. The van der Waals surface area contributed by atoms with Gasteiger partial charge in [-0.3, -0.25) is 9.59 Å². The van der Waals surface area contributed by atoms with Gasteiger partial charge in [0.2, 0.25) is 0 Å². The van der Waals surface area contributed by atoms with Gasteiger partial charge in [-0.1, -0.05) is 57.0 Å². The van der Waals surface area contributed by atoms with Crippen molar-refractivity contribution in [2.75, 3.05) is 4.90 Å². The number of nitrogens with one attached hydrogen (secondary N) is 2. The fourth-order valence-electron chi connectivity index (χ4n) is 5.65. The molecule has 0 aliphatic carbocycles. The number of nitrogens with zero attached hydrogens (tertiary/aromatic N) is 2. The van der Waals surface area contributed by atoms with E-state index < -0.39 is 6.04 Å². The first-order valence-corrected chi connectivity index (χ1v) is 12.9. The molecule has 5 rings (SSSR count). The number of anilines is 1. The Labute approximate surface area is 211 Å². The fraction of sp³-hybridized carbons (Fsp3) is 0.414. The van der Waals surface area contributed by atoms with E-state index in [0.29, 0.717) is 23.6 Å². The van der Waals surface area contributed by atoms with Crippen LogP contribution >= 0.6 is 0 Å². The van der Waals surface area contributed by atoms with Gasteiger partial charge >= 0.3 is 6.03 Å². The topological polar surface area (TPSA) is 85.5 Å². The number of amides is 4. The highest BCUT2D eigenvalue weighted by Gasteiger charge is 2.52. The number of para-hydroxylation sites is 2. The van der Waals surface area contributed by atoms with Crippen LogP contribution in [0.25, 0.3) is 10.9 Å². The minimum absolute atomic E-state index is 0.000965. The molecule has 3 atom stereocenters. The summed E-state index contributed by atoms with van der Waals surface area (Å²) in [6, 6.07) is 13.7. The highest BCUT2D eigenvalue weighted by atomic mass is 16.2. The van der Waals surface area contributed by atoms with Crippen molar-refractivity contribution in [2.24, 2.45) is 5.92 Å². The van der Waals surface area contributed by atoms with Gasteiger partial charge in [0.1, 0.15) is 6.04 Å². The molecule has 2 aliphatic heterocycles. The van der Waals surface area contributed by atoms with Crippen LogP contribution in [0, 0.1) is 5.92 Å². The van der Waals surface area contributed by atoms with Crippen LogP contribution in [-0.2, 0) is 11.2 Å². The van der Waals surface area contributed by atoms with Crippen molar-refractivity contribution in [3.63, 3.8) is 0 Å². The summed E-state index contributed by atoms with van der Waals surface area (Å²) in [5, 5.41) is 4.15. The summed E-state index contributed by atoms with van der Waals surface area (Å²) in [5.41, 5.74) is 3.75.